The molecule has 0 aromatic carbocycles. The van der Waals surface area contributed by atoms with E-state index in [1.807, 2.05) is 13.0 Å². The summed E-state index contributed by atoms with van der Waals surface area (Å²) in [4.78, 5) is 4.33. The van der Waals surface area contributed by atoms with Crippen molar-refractivity contribution in [2.24, 2.45) is 0 Å². The summed E-state index contributed by atoms with van der Waals surface area (Å²) in [5.74, 6) is 0. The van der Waals surface area contributed by atoms with Crippen LogP contribution in [0.5, 0.6) is 0 Å². The van der Waals surface area contributed by atoms with Gasteiger partial charge in [-0.2, -0.15) is 0 Å². The molecule has 2 heterocycles. The maximum atomic E-state index is 5.12. The third kappa shape index (κ3) is 3.20. The number of aryl methyl sites for hydroxylation is 1. The molecule has 0 amide bonds. The van der Waals surface area contributed by atoms with Crippen LogP contribution in [0.25, 0.3) is 11.0 Å². The van der Waals surface area contributed by atoms with Gasteiger partial charge in [0.15, 0.2) is 5.58 Å². The lowest BCUT2D eigenvalue weighted by atomic mass is 10.2. The van der Waals surface area contributed by atoms with Crippen LogP contribution in [-0.4, -0.2) is 14.9 Å². The largest absolute Gasteiger partial charge is 0.354 e. The second-order valence-corrected chi connectivity index (χ2v) is 6.69. The van der Waals surface area contributed by atoms with Crippen molar-refractivity contribution in [3.05, 3.63) is 23.7 Å². The summed E-state index contributed by atoms with van der Waals surface area (Å²) in [7, 11) is 0. The zero-order valence-corrected chi connectivity index (χ0v) is 11.4. The summed E-state index contributed by atoms with van der Waals surface area (Å²) < 4.78 is 8.65. The fourth-order valence-electron chi connectivity index (χ4n) is 1.43. The lowest BCUT2D eigenvalue weighted by Crippen LogP contribution is -2.17. The van der Waals surface area contributed by atoms with Gasteiger partial charge in [-0.1, -0.05) is 17.1 Å². The number of pyridine rings is 1. The van der Waals surface area contributed by atoms with Gasteiger partial charge in [-0.15, -0.1) is 0 Å². The van der Waals surface area contributed by atoms with E-state index in [-0.39, 0.29) is 4.75 Å². The molecule has 0 aliphatic heterocycles. The van der Waals surface area contributed by atoms with Gasteiger partial charge in [-0.3, -0.25) is 9.71 Å². The number of hydrogen-bond donors (Lipinski definition) is 1. The van der Waals surface area contributed by atoms with E-state index in [0.29, 0.717) is 0 Å². The van der Waals surface area contributed by atoms with Gasteiger partial charge >= 0.3 is 0 Å². The van der Waals surface area contributed by atoms with Crippen molar-refractivity contribution in [2.45, 2.75) is 39.0 Å². The number of nitrogens with zero attached hydrogens (tertiary/aromatic N) is 2. The summed E-state index contributed by atoms with van der Waals surface area (Å²) in [6, 6.07) is 2.03. The first-order valence-corrected chi connectivity index (χ1v) is 6.39. The zero-order chi connectivity index (χ0) is 12.5. The number of hydrogen-bond acceptors (Lipinski definition) is 5. The second-order valence-electron chi connectivity index (χ2n) is 4.98. The van der Waals surface area contributed by atoms with E-state index in [1.54, 1.807) is 18.1 Å². The van der Waals surface area contributed by atoms with Crippen LogP contribution in [-0.2, 0) is 6.54 Å². The van der Waals surface area contributed by atoms with Crippen molar-refractivity contribution in [1.29, 1.82) is 0 Å². The molecular weight excluding hydrogens is 234 g/mol. The first-order chi connectivity index (χ1) is 7.96. The zero-order valence-electron chi connectivity index (χ0n) is 10.6. The van der Waals surface area contributed by atoms with Crippen molar-refractivity contribution in [3.8, 4) is 0 Å². The molecule has 1 N–H and O–H groups in total. The summed E-state index contributed by atoms with van der Waals surface area (Å²) in [5, 5.41) is 4.96. The van der Waals surface area contributed by atoms with Crippen molar-refractivity contribution in [1.82, 2.24) is 14.9 Å². The molecule has 0 aliphatic carbocycles. The molecule has 0 radical (unpaired) electrons. The molecule has 0 bridgehead atoms. The molecule has 0 saturated carbocycles. The van der Waals surface area contributed by atoms with Gasteiger partial charge in [0.25, 0.3) is 0 Å². The standard InChI is InChI=1S/C12H17N3OS/c1-8-10-5-9(6-14-17-12(2,3)4)13-7-11(10)16-15-8/h5,7,14H,6H2,1-4H3. The van der Waals surface area contributed by atoms with E-state index in [1.165, 1.54) is 0 Å². The molecule has 2 rings (SSSR count). The van der Waals surface area contributed by atoms with Crippen LogP contribution < -0.4 is 4.72 Å². The van der Waals surface area contributed by atoms with E-state index < -0.39 is 0 Å². The Kier molecular flexibility index (Phi) is 3.40. The van der Waals surface area contributed by atoms with Gasteiger partial charge in [0.2, 0.25) is 0 Å². The van der Waals surface area contributed by atoms with Gasteiger partial charge in [-0.25, -0.2) is 0 Å². The quantitative estimate of drug-likeness (QED) is 0.850. The molecule has 0 fully saturated rings. The van der Waals surface area contributed by atoms with Gasteiger partial charge in [0, 0.05) is 16.7 Å². The van der Waals surface area contributed by atoms with Crippen LogP contribution in [0.3, 0.4) is 0 Å². The third-order valence-corrected chi connectivity index (χ3v) is 3.13. The van der Waals surface area contributed by atoms with Crippen molar-refractivity contribution in [3.63, 3.8) is 0 Å². The highest BCUT2D eigenvalue weighted by molar-refractivity contribution is 7.98. The fraction of sp³-hybridized carbons (Fsp3) is 0.500. The smallest absolute Gasteiger partial charge is 0.185 e. The van der Waals surface area contributed by atoms with E-state index >= 15 is 0 Å². The van der Waals surface area contributed by atoms with Gasteiger partial charge in [-0.05, 0) is 33.8 Å². The maximum absolute atomic E-state index is 5.12. The number of nitrogens with one attached hydrogen (secondary N) is 1. The van der Waals surface area contributed by atoms with E-state index in [4.69, 9.17) is 4.52 Å². The van der Waals surface area contributed by atoms with E-state index in [9.17, 15) is 0 Å². The van der Waals surface area contributed by atoms with E-state index in [0.717, 1.165) is 28.9 Å². The minimum atomic E-state index is 0.206. The summed E-state index contributed by atoms with van der Waals surface area (Å²) in [6.45, 7) is 9.19. The van der Waals surface area contributed by atoms with Gasteiger partial charge in [0.05, 0.1) is 17.6 Å². The molecule has 4 nitrogen and oxygen atoms in total. The average Bonchev–Trinajstić information content (AvgIpc) is 2.59. The highest BCUT2D eigenvalue weighted by atomic mass is 32.2. The fourth-order valence-corrected chi connectivity index (χ4v) is 2.08. The van der Waals surface area contributed by atoms with Crippen LogP contribution in [0.1, 0.15) is 32.2 Å². The second kappa shape index (κ2) is 4.66. The Morgan fingerprint density at radius 3 is 2.88 bits per heavy atom. The minimum Gasteiger partial charge on any atom is -0.354 e. The van der Waals surface area contributed by atoms with Crippen LogP contribution in [0, 0.1) is 6.92 Å². The summed E-state index contributed by atoms with van der Waals surface area (Å²) in [6.07, 6.45) is 1.73. The SMILES string of the molecule is Cc1noc2cnc(CNSC(C)(C)C)cc12. The van der Waals surface area contributed by atoms with Gasteiger partial charge < -0.3 is 4.52 Å². The van der Waals surface area contributed by atoms with Crippen LogP contribution in [0.4, 0.5) is 0 Å². The Bertz CT molecular complexity index is 516. The Morgan fingerprint density at radius 1 is 1.41 bits per heavy atom. The highest BCUT2D eigenvalue weighted by Crippen LogP contribution is 2.21. The first kappa shape index (κ1) is 12.4. The molecule has 0 spiro atoms. The van der Waals surface area contributed by atoms with E-state index in [2.05, 4.69) is 35.6 Å². The predicted octanol–water partition coefficient (Wildman–Crippen LogP) is 3.07. The molecule has 0 aliphatic rings. The Labute approximate surface area is 105 Å². The van der Waals surface area contributed by atoms with Crippen LogP contribution in [0.2, 0.25) is 0 Å². The Hall–Kier alpha value is -1.07. The number of aromatic nitrogens is 2. The lowest BCUT2D eigenvalue weighted by Gasteiger charge is -2.17. The third-order valence-electron chi connectivity index (χ3n) is 2.23. The van der Waals surface area contributed by atoms with Crippen LogP contribution >= 0.6 is 11.9 Å². The van der Waals surface area contributed by atoms with Crippen molar-refractivity contribution in [2.75, 3.05) is 0 Å². The average molecular weight is 251 g/mol. The predicted molar refractivity (Wildman–Crippen MR) is 70.7 cm³/mol. The summed E-state index contributed by atoms with van der Waals surface area (Å²) >= 11 is 1.71. The number of rotatable bonds is 3. The van der Waals surface area contributed by atoms with Crippen molar-refractivity contribution >= 4 is 22.9 Å². The normalized spacial score (nSPS) is 12.2. The highest BCUT2D eigenvalue weighted by Gasteiger charge is 2.11. The molecule has 2 aromatic rings. The molecular formula is C12H17N3OS. The molecule has 92 valence electrons. The molecule has 0 unspecified atom stereocenters. The Morgan fingerprint density at radius 2 is 2.18 bits per heavy atom. The minimum absolute atomic E-state index is 0.206. The van der Waals surface area contributed by atoms with Crippen molar-refractivity contribution < 1.29 is 4.52 Å². The molecule has 0 atom stereocenters. The van der Waals surface area contributed by atoms with Crippen LogP contribution in [0.15, 0.2) is 16.8 Å². The molecule has 2 aromatic heterocycles. The molecule has 17 heavy (non-hydrogen) atoms. The topological polar surface area (TPSA) is 51.0 Å². The summed E-state index contributed by atoms with van der Waals surface area (Å²) in [5.41, 5.74) is 2.65. The Balaban J connectivity index is 2.06. The molecule has 0 saturated heterocycles. The van der Waals surface area contributed by atoms with Gasteiger partial charge in [0.1, 0.15) is 0 Å². The lowest BCUT2D eigenvalue weighted by molar-refractivity contribution is 0.449. The molecule has 5 heteroatoms. The number of fused-ring (bicyclic) bond motifs is 1. The first-order valence-electron chi connectivity index (χ1n) is 5.57. The monoisotopic (exact) mass is 251 g/mol. The maximum Gasteiger partial charge on any atom is 0.185 e.